The molecule has 0 saturated heterocycles. The number of benzene rings is 2. The van der Waals surface area contributed by atoms with Crippen molar-refractivity contribution in [2.75, 3.05) is 0 Å². The van der Waals surface area contributed by atoms with Gasteiger partial charge in [-0.25, -0.2) is 9.59 Å². The maximum atomic E-state index is 13.0. The molecular formula is C25H31N3O6. The summed E-state index contributed by atoms with van der Waals surface area (Å²) in [6, 6.07) is 16.9. The first kappa shape index (κ1) is 26.4. The Balaban J connectivity index is 2.13. The van der Waals surface area contributed by atoms with E-state index in [9.17, 15) is 19.2 Å². The molecule has 0 bridgehead atoms. The van der Waals surface area contributed by atoms with Gasteiger partial charge < -0.3 is 25.8 Å². The van der Waals surface area contributed by atoms with Crippen LogP contribution in [0.15, 0.2) is 60.7 Å². The molecule has 182 valence electrons. The Morgan fingerprint density at radius 1 is 0.912 bits per heavy atom. The van der Waals surface area contributed by atoms with Crippen LogP contribution in [-0.2, 0) is 36.8 Å². The largest absolute Gasteiger partial charge is 0.450 e. The standard InChI is InChI=1S/C25H31N3O6/c1-25(2,3)34-24(32)28-19(14-17-10-6-4-7-11-17)23(31)33-20(15-21(26)29)22(30)27-16-18-12-8-5-9-13-18/h4-13,19-20H,14-16H2,1-3H3,(H2,26,29)(H,27,30)(H,28,32)/t19-,20-/m0/s1. The van der Waals surface area contributed by atoms with E-state index in [0.29, 0.717) is 0 Å². The number of carbonyl (C=O) groups is 4. The number of rotatable bonds is 10. The van der Waals surface area contributed by atoms with Gasteiger partial charge >= 0.3 is 12.1 Å². The summed E-state index contributed by atoms with van der Waals surface area (Å²) in [5.41, 5.74) is 6.06. The van der Waals surface area contributed by atoms with Crippen LogP contribution < -0.4 is 16.4 Å². The summed E-state index contributed by atoms with van der Waals surface area (Å²) in [7, 11) is 0. The number of alkyl carbamates (subject to hydrolysis) is 1. The van der Waals surface area contributed by atoms with Gasteiger partial charge in [0.25, 0.3) is 5.91 Å². The van der Waals surface area contributed by atoms with E-state index in [-0.39, 0.29) is 13.0 Å². The number of primary amides is 1. The second-order valence-corrected chi connectivity index (χ2v) is 8.69. The van der Waals surface area contributed by atoms with Crippen molar-refractivity contribution in [3.63, 3.8) is 0 Å². The Morgan fingerprint density at radius 3 is 2.00 bits per heavy atom. The lowest BCUT2D eigenvalue weighted by molar-refractivity contribution is -0.159. The first-order valence-electron chi connectivity index (χ1n) is 10.9. The fourth-order valence-corrected chi connectivity index (χ4v) is 2.98. The van der Waals surface area contributed by atoms with Crippen LogP contribution in [0.25, 0.3) is 0 Å². The molecule has 0 saturated carbocycles. The Morgan fingerprint density at radius 2 is 1.47 bits per heavy atom. The van der Waals surface area contributed by atoms with Gasteiger partial charge in [-0.1, -0.05) is 60.7 Å². The first-order valence-corrected chi connectivity index (χ1v) is 10.9. The van der Waals surface area contributed by atoms with Crippen molar-refractivity contribution in [2.24, 2.45) is 5.73 Å². The lowest BCUT2D eigenvalue weighted by Crippen LogP contribution is -2.48. The molecule has 3 amide bonds. The van der Waals surface area contributed by atoms with Gasteiger partial charge in [-0.15, -0.1) is 0 Å². The van der Waals surface area contributed by atoms with Gasteiger partial charge in [0.1, 0.15) is 11.6 Å². The highest BCUT2D eigenvalue weighted by atomic mass is 16.6. The maximum Gasteiger partial charge on any atom is 0.408 e. The number of carbonyl (C=O) groups excluding carboxylic acids is 4. The molecule has 4 N–H and O–H groups in total. The van der Waals surface area contributed by atoms with Crippen LogP contribution >= 0.6 is 0 Å². The fourth-order valence-electron chi connectivity index (χ4n) is 2.98. The third-order valence-corrected chi connectivity index (χ3v) is 4.51. The molecule has 2 aromatic carbocycles. The molecule has 0 heterocycles. The molecule has 9 heteroatoms. The molecule has 0 radical (unpaired) electrons. The molecule has 0 fully saturated rings. The summed E-state index contributed by atoms with van der Waals surface area (Å²) < 4.78 is 10.6. The van der Waals surface area contributed by atoms with Gasteiger partial charge in [0.15, 0.2) is 6.10 Å². The Bertz CT molecular complexity index is 973. The van der Waals surface area contributed by atoms with Gasteiger partial charge in [-0.2, -0.15) is 0 Å². The van der Waals surface area contributed by atoms with Crippen molar-refractivity contribution in [3.05, 3.63) is 71.8 Å². The van der Waals surface area contributed by atoms with Crippen LogP contribution in [-0.4, -0.2) is 41.6 Å². The lowest BCUT2D eigenvalue weighted by Gasteiger charge is -2.24. The highest BCUT2D eigenvalue weighted by molar-refractivity contribution is 5.90. The predicted octanol–water partition coefficient (Wildman–Crippen LogP) is 2.23. The van der Waals surface area contributed by atoms with E-state index in [2.05, 4.69) is 10.6 Å². The van der Waals surface area contributed by atoms with Crippen LogP contribution in [0, 0.1) is 0 Å². The predicted molar refractivity (Wildman–Crippen MR) is 125 cm³/mol. The Kier molecular flexibility index (Phi) is 9.61. The number of ether oxygens (including phenoxy) is 2. The summed E-state index contributed by atoms with van der Waals surface area (Å²) in [4.78, 5) is 49.5. The summed E-state index contributed by atoms with van der Waals surface area (Å²) in [5.74, 6) is -2.38. The van der Waals surface area contributed by atoms with Gasteiger partial charge in [0.2, 0.25) is 5.91 Å². The van der Waals surface area contributed by atoms with Crippen molar-refractivity contribution >= 4 is 23.9 Å². The second-order valence-electron chi connectivity index (χ2n) is 8.69. The molecule has 34 heavy (non-hydrogen) atoms. The average Bonchev–Trinajstić information content (AvgIpc) is 2.76. The summed E-state index contributed by atoms with van der Waals surface area (Å²) in [6.45, 7) is 5.25. The molecule has 2 atom stereocenters. The number of hydrogen-bond acceptors (Lipinski definition) is 6. The zero-order valence-electron chi connectivity index (χ0n) is 19.6. The molecule has 0 aliphatic heterocycles. The van der Waals surface area contributed by atoms with Crippen molar-refractivity contribution in [1.82, 2.24) is 10.6 Å². The van der Waals surface area contributed by atoms with Crippen LogP contribution in [0.3, 0.4) is 0 Å². The van der Waals surface area contributed by atoms with Crippen molar-refractivity contribution < 1.29 is 28.7 Å². The normalized spacial score (nSPS) is 12.7. The topological polar surface area (TPSA) is 137 Å². The van der Waals surface area contributed by atoms with E-state index in [1.807, 2.05) is 36.4 Å². The molecule has 0 aliphatic rings. The zero-order valence-corrected chi connectivity index (χ0v) is 19.6. The second kappa shape index (κ2) is 12.4. The molecule has 0 spiro atoms. The highest BCUT2D eigenvalue weighted by Gasteiger charge is 2.31. The molecular weight excluding hydrogens is 438 g/mol. The number of nitrogens with two attached hydrogens (primary N) is 1. The van der Waals surface area contributed by atoms with E-state index in [0.717, 1.165) is 11.1 Å². The van der Waals surface area contributed by atoms with E-state index < -0.39 is 48.0 Å². The Hall–Kier alpha value is -3.88. The van der Waals surface area contributed by atoms with E-state index >= 15 is 0 Å². The van der Waals surface area contributed by atoms with Gasteiger partial charge in [0.05, 0.1) is 6.42 Å². The summed E-state index contributed by atoms with van der Waals surface area (Å²) >= 11 is 0. The van der Waals surface area contributed by atoms with Gasteiger partial charge in [0, 0.05) is 13.0 Å². The first-order chi connectivity index (χ1) is 16.0. The smallest absolute Gasteiger partial charge is 0.408 e. The SMILES string of the molecule is CC(C)(C)OC(=O)N[C@@H](Cc1ccccc1)C(=O)O[C@@H](CC(N)=O)C(=O)NCc1ccccc1. The molecule has 2 aromatic rings. The van der Waals surface area contributed by atoms with Crippen molar-refractivity contribution in [2.45, 2.75) is 57.9 Å². The third-order valence-electron chi connectivity index (χ3n) is 4.51. The number of hydrogen-bond donors (Lipinski definition) is 3. The maximum absolute atomic E-state index is 13.0. The van der Waals surface area contributed by atoms with Crippen LogP contribution in [0.1, 0.15) is 38.3 Å². The molecule has 0 aromatic heterocycles. The monoisotopic (exact) mass is 469 g/mol. The van der Waals surface area contributed by atoms with Gasteiger partial charge in [-0.3, -0.25) is 9.59 Å². The number of esters is 1. The lowest BCUT2D eigenvalue weighted by atomic mass is 10.1. The molecule has 9 nitrogen and oxygen atoms in total. The highest BCUT2D eigenvalue weighted by Crippen LogP contribution is 2.11. The van der Waals surface area contributed by atoms with Crippen molar-refractivity contribution in [1.29, 1.82) is 0 Å². The number of nitrogens with one attached hydrogen (secondary N) is 2. The van der Waals surface area contributed by atoms with Crippen LogP contribution in [0.4, 0.5) is 4.79 Å². The quantitative estimate of drug-likeness (QED) is 0.457. The molecule has 0 aliphatic carbocycles. The minimum Gasteiger partial charge on any atom is -0.450 e. The minimum absolute atomic E-state index is 0.0911. The van der Waals surface area contributed by atoms with Crippen molar-refractivity contribution in [3.8, 4) is 0 Å². The van der Waals surface area contributed by atoms with Crippen LogP contribution in [0.2, 0.25) is 0 Å². The van der Waals surface area contributed by atoms with E-state index in [4.69, 9.17) is 15.2 Å². The van der Waals surface area contributed by atoms with Crippen LogP contribution in [0.5, 0.6) is 0 Å². The summed E-state index contributed by atoms with van der Waals surface area (Å²) in [6.07, 6.45) is -2.68. The third kappa shape index (κ3) is 9.72. The zero-order chi connectivity index (χ0) is 25.1. The Labute approximate surface area is 199 Å². The molecule has 0 unspecified atom stereocenters. The molecule has 2 rings (SSSR count). The average molecular weight is 470 g/mol. The minimum atomic E-state index is -1.45. The summed E-state index contributed by atoms with van der Waals surface area (Å²) in [5, 5.41) is 5.13. The fraction of sp³-hybridized carbons (Fsp3) is 0.360. The van der Waals surface area contributed by atoms with E-state index in [1.165, 1.54) is 0 Å². The van der Waals surface area contributed by atoms with Gasteiger partial charge in [-0.05, 0) is 31.9 Å². The number of amides is 3. The van der Waals surface area contributed by atoms with E-state index in [1.54, 1.807) is 45.0 Å².